The lowest BCUT2D eigenvalue weighted by atomic mass is 10.2. The van der Waals surface area contributed by atoms with Gasteiger partial charge in [0.05, 0.1) is 12.3 Å². The van der Waals surface area contributed by atoms with Crippen LogP contribution in [0.4, 0.5) is 4.79 Å². The van der Waals surface area contributed by atoms with E-state index < -0.39 is 11.9 Å². The van der Waals surface area contributed by atoms with Gasteiger partial charge in [0, 0.05) is 12.2 Å². The summed E-state index contributed by atoms with van der Waals surface area (Å²) in [5, 5.41) is 15.5. The fraction of sp³-hybridized carbons (Fsp3) is 0.143. The molecule has 1 aliphatic rings. The second-order valence-electron chi connectivity index (χ2n) is 4.03. The van der Waals surface area contributed by atoms with Crippen LogP contribution < -0.4 is 0 Å². The van der Waals surface area contributed by atoms with Gasteiger partial charge in [0.25, 0.3) is 5.24 Å². The van der Waals surface area contributed by atoms with Crippen molar-refractivity contribution in [2.45, 2.75) is 6.54 Å². The Kier molecular flexibility index (Phi) is 6.84. The standard InChI is InChI=1S/C10H9NO2S.C4H4O4/c12-9-7-14-10(13)11(9)6-8-4-2-1-3-5-8;5-3(6)1-2-4(7)8/h1-5H,6-7H2;1-2H,(H,5,6)(H,7,8)/b;2-1-. The number of imide groups is 1. The van der Waals surface area contributed by atoms with E-state index in [0.717, 1.165) is 17.3 Å². The number of nitrogens with zero attached hydrogens (tertiary/aromatic N) is 1. The molecule has 2 N–H and O–H groups in total. The lowest BCUT2D eigenvalue weighted by molar-refractivity contribution is -0.134. The number of benzene rings is 1. The smallest absolute Gasteiger partial charge is 0.328 e. The summed E-state index contributed by atoms with van der Waals surface area (Å²) in [5.41, 5.74) is 0.983. The van der Waals surface area contributed by atoms with Gasteiger partial charge in [-0.3, -0.25) is 14.5 Å². The van der Waals surface area contributed by atoms with Crippen molar-refractivity contribution < 1.29 is 29.4 Å². The molecule has 7 nitrogen and oxygen atoms in total. The van der Waals surface area contributed by atoms with E-state index in [-0.39, 0.29) is 16.9 Å². The van der Waals surface area contributed by atoms with E-state index in [2.05, 4.69) is 0 Å². The second-order valence-corrected chi connectivity index (χ2v) is 4.96. The number of rotatable bonds is 4. The molecular formula is C14H13NO6S. The molecule has 2 amide bonds. The van der Waals surface area contributed by atoms with Crippen LogP contribution in [0.3, 0.4) is 0 Å². The lowest BCUT2D eigenvalue weighted by Crippen LogP contribution is -2.27. The fourth-order valence-electron chi connectivity index (χ4n) is 1.44. The Morgan fingerprint density at radius 2 is 1.64 bits per heavy atom. The number of hydrogen-bond donors (Lipinski definition) is 2. The van der Waals surface area contributed by atoms with Crippen molar-refractivity contribution >= 4 is 34.8 Å². The highest BCUT2D eigenvalue weighted by atomic mass is 32.2. The van der Waals surface area contributed by atoms with Crippen LogP contribution >= 0.6 is 11.8 Å². The highest BCUT2D eigenvalue weighted by molar-refractivity contribution is 8.14. The number of thioether (sulfide) groups is 1. The molecule has 0 bridgehead atoms. The summed E-state index contributed by atoms with van der Waals surface area (Å²) in [4.78, 5) is 42.9. The molecule has 0 aromatic heterocycles. The predicted octanol–water partition coefficient (Wildman–Crippen LogP) is 1.59. The van der Waals surface area contributed by atoms with Gasteiger partial charge in [-0.15, -0.1) is 0 Å². The number of carboxylic acid groups (broad SMARTS) is 2. The van der Waals surface area contributed by atoms with Crippen LogP contribution in [0.25, 0.3) is 0 Å². The van der Waals surface area contributed by atoms with E-state index in [9.17, 15) is 19.2 Å². The number of carboxylic acids is 2. The van der Waals surface area contributed by atoms with Gasteiger partial charge >= 0.3 is 11.9 Å². The van der Waals surface area contributed by atoms with Crippen molar-refractivity contribution in [3.63, 3.8) is 0 Å². The van der Waals surface area contributed by atoms with Gasteiger partial charge in [-0.25, -0.2) is 9.59 Å². The van der Waals surface area contributed by atoms with Crippen molar-refractivity contribution in [2.75, 3.05) is 5.75 Å². The van der Waals surface area contributed by atoms with Gasteiger partial charge < -0.3 is 10.2 Å². The molecule has 0 aliphatic carbocycles. The van der Waals surface area contributed by atoms with E-state index in [1.807, 2.05) is 30.3 Å². The molecule has 0 spiro atoms. The fourth-order valence-corrected chi connectivity index (χ4v) is 2.17. The van der Waals surface area contributed by atoms with Crippen LogP contribution in [0.15, 0.2) is 42.5 Å². The van der Waals surface area contributed by atoms with Gasteiger partial charge in [-0.2, -0.15) is 0 Å². The van der Waals surface area contributed by atoms with Crippen LogP contribution in [0, 0.1) is 0 Å². The van der Waals surface area contributed by atoms with Gasteiger partial charge in [0.2, 0.25) is 5.91 Å². The Morgan fingerprint density at radius 3 is 2.05 bits per heavy atom. The Hall–Kier alpha value is -2.61. The van der Waals surface area contributed by atoms with E-state index >= 15 is 0 Å². The van der Waals surface area contributed by atoms with Crippen LogP contribution in [0.2, 0.25) is 0 Å². The molecular weight excluding hydrogens is 310 g/mol. The zero-order valence-corrected chi connectivity index (χ0v) is 12.2. The lowest BCUT2D eigenvalue weighted by Gasteiger charge is -2.11. The first-order valence-corrected chi connectivity index (χ1v) is 7.03. The molecule has 1 fully saturated rings. The molecule has 1 saturated heterocycles. The van der Waals surface area contributed by atoms with Gasteiger partial charge in [-0.05, 0) is 5.56 Å². The van der Waals surface area contributed by atoms with Gasteiger partial charge in [0.1, 0.15) is 0 Å². The van der Waals surface area contributed by atoms with Crippen LogP contribution in [0.1, 0.15) is 5.56 Å². The van der Waals surface area contributed by atoms with E-state index in [0.29, 0.717) is 18.7 Å². The average Bonchev–Trinajstić information content (AvgIpc) is 2.79. The number of hydrogen-bond acceptors (Lipinski definition) is 5. The Balaban J connectivity index is 0.000000261. The highest BCUT2D eigenvalue weighted by Crippen LogP contribution is 2.20. The normalized spacial score (nSPS) is 13.9. The average molecular weight is 323 g/mol. The maximum Gasteiger partial charge on any atom is 0.328 e. The quantitative estimate of drug-likeness (QED) is 0.809. The third-order valence-corrected chi connectivity index (χ3v) is 3.25. The van der Waals surface area contributed by atoms with E-state index in [4.69, 9.17) is 10.2 Å². The maximum atomic E-state index is 11.3. The summed E-state index contributed by atoms with van der Waals surface area (Å²) in [6.07, 6.45) is 1.12. The summed E-state index contributed by atoms with van der Waals surface area (Å²) >= 11 is 1.07. The molecule has 1 aromatic carbocycles. The van der Waals surface area contributed by atoms with Crippen molar-refractivity contribution in [3.05, 3.63) is 48.0 Å². The zero-order valence-electron chi connectivity index (χ0n) is 11.3. The molecule has 0 unspecified atom stereocenters. The molecule has 2 rings (SSSR count). The zero-order chi connectivity index (χ0) is 16.5. The van der Waals surface area contributed by atoms with Crippen LogP contribution in [-0.4, -0.2) is 44.0 Å². The number of amides is 2. The molecule has 8 heteroatoms. The molecule has 0 atom stereocenters. The molecule has 1 aromatic rings. The van der Waals surface area contributed by atoms with Crippen molar-refractivity contribution in [1.82, 2.24) is 4.90 Å². The van der Waals surface area contributed by atoms with Crippen molar-refractivity contribution in [3.8, 4) is 0 Å². The Bertz CT molecular complexity index is 567. The molecule has 1 heterocycles. The van der Waals surface area contributed by atoms with E-state index in [1.54, 1.807) is 0 Å². The third kappa shape index (κ3) is 6.23. The second kappa shape index (κ2) is 8.63. The summed E-state index contributed by atoms with van der Waals surface area (Å²) in [6, 6.07) is 9.51. The van der Waals surface area contributed by atoms with Crippen molar-refractivity contribution in [2.24, 2.45) is 0 Å². The molecule has 0 saturated carbocycles. The SMILES string of the molecule is O=C(O)/C=C\C(=O)O.O=C1CSC(=O)N1Cc1ccccc1. The van der Waals surface area contributed by atoms with Crippen molar-refractivity contribution in [1.29, 1.82) is 0 Å². The summed E-state index contributed by atoms with van der Waals surface area (Å²) in [6.45, 7) is 0.394. The number of aliphatic carboxylic acids is 2. The topological polar surface area (TPSA) is 112 Å². The Labute approximate surface area is 130 Å². The van der Waals surface area contributed by atoms with E-state index in [1.165, 1.54) is 4.90 Å². The number of carbonyl (C=O) groups excluding carboxylic acids is 2. The molecule has 116 valence electrons. The van der Waals surface area contributed by atoms with Gasteiger partial charge in [0.15, 0.2) is 0 Å². The largest absolute Gasteiger partial charge is 0.478 e. The van der Waals surface area contributed by atoms with Crippen LogP contribution in [0.5, 0.6) is 0 Å². The summed E-state index contributed by atoms with van der Waals surface area (Å²) < 4.78 is 0. The molecule has 0 radical (unpaired) electrons. The molecule has 22 heavy (non-hydrogen) atoms. The summed E-state index contributed by atoms with van der Waals surface area (Å²) in [7, 11) is 0. The minimum absolute atomic E-state index is 0.0937. The van der Waals surface area contributed by atoms with Crippen LogP contribution in [-0.2, 0) is 20.9 Å². The minimum Gasteiger partial charge on any atom is -0.478 e. The predicted molar refractivity (Wildman–Crippen MR) is 79.3 cm³/mol. The monoisotopic (exact) mass is 323 g/mol. The maximum absolute atomic E-state index is 11.3. The minimum atomic E-state index is -1.26. The first-order chi connectivity index (χ1) is 10.4. The highest BCUT2D eigenvalue weighted by Gasteiger charge is 2.29. The summed E-state index contributed by atoms with van der Waals surface area (Å²) in [5.74, 6) is -2.32. The first-order valence-electron chi connectivity index (χ1n) is 6.05. The molecule has 1 aliphatic heterocycles. The third-order valence-electron chi connectivity index (χ3n) is 2.39. The first kappa shape index (κ1) is 17.4. The Morgan fingerprint density at radius 1 is 1.09 bits per heavy atom. The van der Waals surface area contributed by atoms with Gasteiger partial charge in [-0.1, -0.05) is 42.1 Å². The number of carbonyl (C=O) groups is 4.